The van der Waals surface area contributed by atoms with E-state index in [1.807, 2.05) is 36.4 Å². The molecule has 0 spiro atoms. The van der Waals surface area contributed by atoms with Gasteiger partial charge in [-0.3, -0.25) is 4.79 Å². The van der Waals surface area contributed by atoms with Crippen molar-refractivity contribution in [1.82, 2.24) is 4.98 Å². The molecule has 134 valence electrons. The summed E-state index contributed by atoms with van der Waals surface area (Å²) in [6.07, 6.45) is 0. The number of nitrogens with zero attached hydrogens (tertiary/aromatic N) is 1. The first kappa shape index (κ1) is 17.2. The van der Waals surface area contributed by atoms with Crippen LogP contribution in [-0.4, -0.2) is 29.9 Å². The third kappa shape index (κ3) is 3.81. The number of thioether (sulfide) groups is 1. The Morgan fingerprint density at radius 1 is 1.19 bits per heavy atom. The molecule has 3 aromatic rings. The fraction of sp³-hybridized carbons (Fsp3) is 0.222. The lowest BCUT2D eigenvalue weighted by Crippen LogP contribution is -2.16. The fourth-order valence-electron chi connectivity index (χ4n) is 2.45. The molecule has 0 N–H and O–H groups in total. The van der Waals surface area contributed by atoms with Crippen molar-refractivity contribution in [2.75, 3.05) is 19.0 Å². The van der Waals surface area contributed by atoms with Crippen LogP contribution in [0.1, 0.15) is 5.56 Å². The molecular formula is C18H14BrNO5S. The topological polar surface area (TPSA) is 70.8 Å². The van der Waals surface area contributed by atoms with E-state index in [-0.39, 0.29) is 18.3 Å². The molecule has 2 aromatic carbocycles. The first-order valence-corrected chi connectivity index (χ1v) is 9.69. The summed E-state index contributed by atoms with van der Waals surface area (Å²) in [5.41, 5.74) is 2.28. The van der Waals surface area contributed by atoms with Gasteiger partial charge in [0.2, 0.25) is 0 Å². The predicted molar refractivity (Wildman–Crippen MR) is 99.7 cm³/mol. The van der Waals surface area contributed by atoms with Gasteiger partial charge in [-0.2, -0.15) is 0 Å². The van der Waals surface area contributed by atoms with Gasteiger partial charge in [-0.15, -0.1) is 0 Å². The van der Waals surface area contributed by atoms with Crippen molar-refractivity contribution in [2.24, 2.45) is 0 Å². The minimum Gasteiger partial charge on any atom is -0.486 e. The molecule has 0 radical (unpaired) electrons. The molecule has 26 heavy (non-hydrogen) atoms. The van der Waals surface area contributed by atoms with E-state index in [0.29, 0.717) is 35.5 Å². The molecule has 0 saturated heterocycles. The number of para-hydroxylation sites is 2. The van der Waals surface area contributed by atoms with E-state index in [4.69, 9.17) is 18.6 Å². The second-order valence-electron chi connectivity index (χ2n) is 5.48. The summed E-state index contributed by atoms with van der Waals surface area (Å²) in [7, 11) is 0. The van der Waals surface area contributed by atoms with E-state index in [2.05, 4.69) is 20.9 Å². The van der Waals surface area contributed by atoms with Crippen LogP contribution in [0, 0.1) is 0 Å². The van der Waals surface area contributed by atoms with E-state index < -0.39 is 0 Å². The number of hydrogen-bond donors (Lipinski definition) is 0. The molecule has 0 fully saturated rings. The summed E-state index contributed by atoms with van der Waals surface area (Å²) in [6.45, 7) is 1.18. The van der Waals surface area contributed by atoms with Gasteiger partial charge < -0.3 is 18.6 Å². The van der Waals surface area contributed by atoms with Crippen molar-refractivity contribution in [3.8, 4) is 11.5 Å². The summed E-state index contributed by atoms with van der Waals surface area (Å²) in [6, 6.07) is 11.1. The molecule has 0 aliphatic carbocycles. The molecule has 0 unspecified atom stereocenters. The number of hydrogen-bond acceptors (Lipinski definition) is 7. The molecule has 8 heteroatoms. The lowest BCUT2D eigenvalue weighted by Gasteiger charge is -2.19. The summed E-state index contributed by atoms with van der Waals surface area (Å²) < 4.78 is 22.8. The zero-order valence-electron chi connectivity index (χ0n) is 13.6. The molecule has 0 bridgehead atoms. The molecule has 1 aliphatic rings. The van der Waals surface area contributed by atoms with E-state index in [1.54, 1.807) is 0 Å². The highest BCUT2D eigenvalue weighted by Gasteiger charge is 2.16. The third-order valence-corrected chi connectivity index (χ3v) is 5.23. The summed E-state index contributed by atoms with van der Waals surface area (Å²) in [5, 5.41) is 0.448. The van der Waals surface area contributed by atoms with E-state index in [0.717, 1.165) is 15.6 Å². The maximum Gasteiger partial charge on any atom is 0.316 e. The van der Waals surface area contributed by atoms with Crippen LogP contribution in [0.25, 0.3) is 11.1 Å². The molecule has 0 atom stereocenters. The molecule has 0 saturated carbocycles. The number of rotatable bonds is 5. The maximum absolute atomic E-state index is 12.0. The number of aromatic nitrogens is 1. The number of carbonyl (C=O) groups is 1. The Labute approximate surface area is 161 Å². The van der Waals surface area contributed by atoms with Crippen molar-refractivity contribution in [3.63, 3.8) is 0 Å². The Balaban J connectivity index is 1.34. The van der Waals surface area contributed by atoms with Crippen LogP contribution >= 0.6 is 27.7 Å². The predicted octanol–water partition coefficient (Wildman–Crippen LogP) is 4.20. The van der Waals surface area contributed by atoms with Crippen molar-refractivity contribution in [3.05, 3.63) is 46.4 Å². The van der Waals surface area contributed by atoms with Crippen molar-refractivity contribution in [1.29, 1.82) is 0 Å². The van der Waals surface area contributed by atoms with Gasteiger partial charge in [-0.25, -0.2) is 4.98 Å². The van der Waals surface area contributed by atoms with Crippen LogP contribution in [0.15, 0.2) is 50.5 Å². The smallest absolute Gasteiger partial charge is 0.316 e. The van der Waals surface area contributed by atoms with E-state index >= 15 is 0 Å². The average molecular weight is 436 g/mol. The monoisotopic (exact) mass is 435 g/mol. The number of benzene rings is 2. The van der Waals surface area contributed by atoms with Crippen molar-refractivity contribution in [2.45, 2.75) is 11.8 Å². The Morgan fingerprint density at radius 2 is 1.96 bits per heavy atom. The lowest BCUT2D eigenvalue weighted by molar-refractivity contribution is -0.141. The maximum atomic E-state index is 12.0. The molecule has 1 aromatic heterocycles. The van der Waals surface area contributed by atoms with Gasteiger partial charge >= 0.3 is 5.97 Å². The fourth-order valence-corrected chi connectivity index (χ4v) is 3.52. The van der Waals surface area contributed by atoms with E-state index in [9.17, 15) is 4.79 Å². The van der Waals surface area contributed by atoms with Crippen molar-refractivity contribution >= 4 is 44.8 Å². The number of fused-ring (bicyclic) bond motifs is 2. The Morgan fingerprint density at radius 3 is 2.77 bits per heavy atom. The van der Waals surface area contributed by atoms with E-state index in [1.165, 1.54) is 11.8 Å². The molecule has 6 nitrogen and oxygen atoms in total. The quantitative estimate of drug-likeness (QED) is 0.439. The number of carbonyl (C=O) groups excluding carboxylic acids is 1. The van der Waals surface area contributed by atoms with Crippen LogP contribution in [0.4, 0.5) is 0 Å². The highest BCUT2D eigenvalue weighted by Crippen LogP contribution is 2.35. The standard InChI is InChI=1S/C18H14BrNO5S/c19-12-8-16-15(22-5-6-23-16)7-11(12)9-24-17(21)10-26-18-20-13-3-1-2-4-14(13)25-18/h1-4,7-8H,5-6,9-10H2. The van der Waals surface area contributed by atoms with Crippen LogP contribution < -0.4 is 9.47 Å². The lowest BCUT2D eigenvalue weighted by atomic mass is 10.2. The number of oxazole rings is 1. The molecule has 4 rings (SSSR count). The first-order chi connectivity index (χ1) is 12.7. The zero-order chi connectivity index (χ0) is 17.9. The van der Waals surface area contributed by atoms with Gasteiger partial charge in [0.25, 0.3) is 5.22 Å². The van der Waals surface area contributed by atoms with Gasteiger partial charge in [-0.1, -0.05) is 39.8 Å². The number of halogens is 1. The second-order valence-corrected chi connectivity index (χ2v) is 7.27. The minimum atomic E-state index is -0.348. The van der Waals surface area contributed by atoms with Gasteiger partial charge in [0.15, 0.2) is 17.1 Å². The Bertz CT molecular complexity index is 925. The molecular weight excluding hydrogens is 422 g/mol. The molecule has 2 heterocycles. The third-order valence-electron chi connectivity index (χ3n) is 3.69. The largest absolute Gasteiger partial charge is 0.486 e. The number of esters is 1. The summed E-state index contributed by atoms with van der Waals surface area (Å²) in [5.74, 6) is 1.12. The zero-order valence-corrected chi connectivity index (χ0v) is 16.0. The SMILES string of the molecule is O=C(CSc1nc2ccccc2o1)OCc1cc2c(cc1Br)OCCO2. The first-order valence-electron chi connectivity index (χ1n) is 7.91. The normalized spacial score (nSPS) is 13.0. The van der Waals surface area contributed by atoms with Crippen LogP contribution in [-0.2, 0) is 16.1 Å². The van der Waals surface area contributed by atoms with Gasteiger partial charge in [0.05, 0.1) is 0 Å². The second kappa shape index (κ2) is 7.59. The summed E-state index contributed by atoms with van der Waals surface area (Å²) in [4.78, 5) is 16.3. The molecule has 0 amide bonds. The van der Waals surface area contributed by atoms with Gasteiger partial charge in [0.1, 0.15) is 31.1 Å². The minimum absolute atomic E-state index is 0.120. The van der Waals surface area contributed by atoms with Crippen LogP contribution in [0.3, 0.4) is 0 Å². The number of ether oxygens (including phenoxy) is 3. The Hall–Kier alpha value is -2.19. The van der Waals surface area contributed by atoms with Crippen LogP contribution in [0.5, 0.6) is 11.5 Å². The van der Waals surface area contributed by atoms with Gasteiger partial charge in [-0.05, 0) is 24.3 Å². The van der Waals surface area contributed by atoms with Crippen molar-refractivity contribution < 1.29 is 23.4 Å². The Kier molecular flexibility index (Phi) is 5.03. The highest BCUT2D eigenvalue weighted by atomic mass is 79.9. The highest BCUT2D eigenvalue weighted by molar-refractivity contribution is 9.10. The van der Waals surface area contributed by atoms with Crippen LogP contribution in [0.2, 0.25) is 0 Å². The average Bonchev–Trinajstić information content (AvgIpc) is 3.07. The molecule has 1 aliphatic heterocycles. The van der Waals surface area contributed by atoms with Gasteiger partial charge in [0, 0.05) is 10.0 Å². The summed E-state index contributed by atoms with van der Waals surface area (Å²) >= 11 is 4.67.